The molecule has 7 nitrogen and oxygen atoms in total. The quantitative estimate of drug-likeness (QED) is 0.741. The predicted molar refractivity (Wildman–Crippen MR) is 102 cm³/mol. The van der Waals surface area contributed by atoms with Crippen LogP contribution in [-0.4, -0.2) is 33.8 Å². The summed E-state index contributed by atoms with van der Waals surface area (Å²) in [6.07, 6.45) is 4.96. The van der Waals surface area contributed by atoms with E-state index in [4.69, 9.17) is 4.42 Å². The molecular weight excluding hydrogens is 364 g/mol. The van der Waals surface area contributed by atoms with Gasteiger partial charge < -0.3 is 15.1 Å². The fourth-order valence-corrected chi connectivity index (χ4v) is 4.66. The standard InChI is InChI=1S/C19H22N4O3S/c1-11(24)20-15-6-4-13(5-7-15)18-22-23-19(26-18)27-10-17(25)21-16-9-12-2-3-14(16)8-12/h4-7,12,14,16H,2-3,8-10H2,1H3,(H,20,24)(H,21,25)/t12-,14-,16-/m1/s1. The Morgan fingerprint density at radius 3 is 2.67 bits per heavy atom. The summed E-state index contributed by atoms with van der Waals surface area (Å²) in [4.78, 5) is 23.3. The lowest BCUT2D eigenvalue weighted by atomic mass is 9.95. The monoisotopic (exact) mass is 386 g/mol. The van der Waals surface area contributed by atoms with Crippen LogP contribution in [-0.2, 0) is 9.59 Å². The molecule has 4 rings (SSSR count). The minimum absolute atomic E-state index is 0.0250. The summed E-state index contributed by atoms with van der Waals surface area (Å²) in [5.41, 5.74) is 1.47. The molecule has 2 aliphatic rings. The maximum atomic E-state index is 12.2. The number of fused-ring (bicyclic) bond motifs is 2. The summed E-state index contributed by atoms with van der Waals surface area (Å²) < 4.78 is 5.63. The Bertz CT molecular complexity index is 836. The molecule has 8 heteroatoms. The maximum absolute atomic E-state index is 12.2. The fraction of sp³-hybridized carbons (Fsp3) is 0.474. The highest BCUT2D eigenvalue weighted by Crippen LogP contribution is 2.44. The highest BCUT2D eigenvalue weighted by molar-refractivity contribution is 7.99. The van der Waals surface area contributed by atoms with Crippen LogP contribution in [0, 0.1) is 11.8 Å². The van der Waals surface area contributed by atoms with Crippen molar-refractivity contribution < 1.29 is 14.0 Å². The Hall–Kier alpha value is -2.35. The van der Waals surface area contributed by atoms with Crippen LogP contribution in [0.15, 0.2) is 33.9 Å². The van der Waals surface area contributed by atoms with Crippen LogP contribution in [0.25, 0.3) is 11.5 Å². The first-order valence-corrected chi connectivity index (χ1v) is 10.2. The van der Waals surface area contributed by atoms with Gasteiger partial charge in [-0.15, -0.1) is 10.2 Å². The molecule has 2 aromatic rings. The average molecular weight is 386 g/mol. The molecule has 2 aliphatic carbocycles. The third-order valence-electron chi connectivity index (χ3n) is 5.27. The Labute approximate surface area is 161 Å². The zero-order valence-corrected chi connectivity index (χ0v) is 15.9. The van der Waals surface area contributed by atoms with Crippen LogP contribution >= 0.6 is 11.8 Å². The second-order valence-corrected chi connectivity index (χ2v) is 8.20. The topological polar surface area (TPSA) is 97.1 Å². The molecule has 1 heterocycles. The summed E-state index contributed by atoms with van der Waals surface area (Å²) in [6, 6.07) is 7.49. The van der Waals surface area contributed by atoms with Gasteiger partial charge in [-0.05, 0) is 55.4 Å². The number of hydrogen-bond acceptors (Lipinski definition) is 6. The van der Waals surface area contributed by atoms with Gasteiger partial charge in [0.05, 0.1) is 5.75 Å². The van der Waals surface area contributed by atoms with Crippen LogP contribution < -0.4 is 10.6 Å². The number of hydrogen-bond donors (Lipinski definition) is 2. The normalized spacial score (nSPS) is 23.4. The molecule has 0 aliphatic heterocycles. The number of benzene rings is 1. The molecular formula is C19H22N4O3S. The molecule has 2 N–H and O–H groups in total. The van der Waals surface area contributed by atoms with Crippen molar-refractivity contribution in [3.63, 3.8) is 0 Å². The number of nitrogens with one attached hydrogen (secondary N) is 2. The molecule has 0 unspecified atom stereocenters. The molecule has 0 spiro atoms. The molecule has 3 atom stereocenters. The molecule has 1 aromatic heterocycles. The smallest absolute Gasteiger partial charge is 0.277 e. The molecule has 27 heavy (non-hydrogen) atoms. The summed E-state index contributed by atoms with van der Waals surface area (Å²) >= 11 is 1.25. The highest BCUT2D eigenvalue weighted by Gasteiger charge is 2.40. The van der Waals surface area contributed by atoms with Gasteiger partial charge in [-0.1, -0.05) is 18.2 Å². The Morgan fingerprint density at radius 1 is 1.19 bits per heavy atom. The average Bonchev–Trinajstić information content (AvgIpc) is 3.37. The number of carbonyl (C=O) groups excluding carboxylic acids is 2. The van der Waals surface area contributed by atoms with E-state index in [1.165, 1.54) is 37.9 Å². The Balaban J connectivity index is 1.29. The zero-order chi connectivity index (χ0) is 18.8. The van der Waals surface area contributed by atoms with Crippen molar-refractivity contribution in [2.75, 3.05) is 11.1 Å². The van der Waals surface area contributed by atoms with Crippen molar-refractivity contribution in [2.24, 2.45) is 11.8 Å². The highest BCUT2D eigenvalue weighted by atomic mass is 32.2. The molecule has 2 amide bonds. The third kappa shape index (κ3) is 4.32. The molecule has 0 radical (unpaired) electrons. The van der Waals surface area contributed by atoms with E-state index in [9.17, 15) is 9.59 Å². The number of nitrogens with zero attached hydrogens (tertiary/aromatic N) is 2. The van der Waals surface area contributed by atoms with E-state index < -0.39 is 0 Å². The molecule has 2 saturated carbocycles. The Morgan fingerprint density at radius 2 is 2.00 bits per heavy atom. The van der Waals surface area contributed by atoms with Crippen molar-refractivity contribution in [2.45, 2.75) is 43.9 Å². The van der Waals surface area contributed by atoms with E-state index >= 15 is 0 Å². The van der Waals surface area contributed by atoms with E-state index in [0.717, 1.165) is 17.9 Å². The van der Waals surface area contributed by atoms with Gasteiger partial charge in [-0.2, -0.15) is 0 Å². The van der Waals surface area contributed by atoms with E-state index in [0.29, 0.717) is 28.8 Å². The molecule has 0 saturated heterocycles. The SMILES string of the molecule is CC(=O)Nc1ccc(-c2nnc(SCC(=O)N[C@@H]3C[C@@H]4CC[C@@H]3C4)o2)cc1. The van der Waals surface area contributed by atoms with E-state index in [1.807, 2.05) is 0 Å². The molecule has 142 valence electrons. The number of amides is 2. The molecule has 1 aromatic carbocycles. The maximum Gasteiger partial charge on any atom is 0.277 e. The second-order valence-electron chi connectivity index (χ2n) is 7.27. The Kier molecular flexibility index (Phi) is 5.15. The first kappa shape index (κ1) is 18.0. The van der Waals surface area contributed by atoms with Gasteiger partial charge >= 0.3 is 0 Å². The molecule has 2 fully saturated rings. The van der Waals surface area contributed by atoms with Crippen LogP contribution in [0.1, 0.15) is 32.6 Å². The third-order valence-corrected chi connectivity index (χ3v) is 6.09. The van der Waals surface area contributed by atoms with Crippen LogP contribution in [0.4, 0.5) is 5.69 Å². The molecule has 2 bridgehead atoms. The van der Waals surface area contributed by atoms with Gasteiger partial charge in [0, 0.05) is 24.2 Å². The van der Waals surface area contributed by atoms with E-state index in [2.05, 4.69) is 20.8 Å². The first-order valence-electron chi connectivity index (χ1n) is 9.20. The largest absolute Gasteiger partial charge is 0.411 e. The van der Waals surface area contributed by atoms with Crippen LogP contribution in [0.5, 0.6) is 0 Å². The van der Waals surface area contributed by atoms with E-state index in [-0.39, 0.29) is 17.6 Å². The fourth-order valence-electron chi connectivity index (χ4n) is 4.08. The van der Waals surface area contributed by atoms with Crippen molar-refractivity contribution in [1.82, 2.24) is 15.5 Å². The lowest BCUT2D eigenvalue weighted by Gasteiger charge is -2.22. The van der Waals surface area contributed by atoms with Gasteiger partial charge in [0.15, 0.2) is 0 Å². The lowest BCUT2D eigenvalue weighted by molar-refractivity contribution is -0.119. The van der Waals surface area contributed by atoms with Gasteiger partial charge in [-0.3, -0.25) is 9.59 Å². The number of thioether (sulfide) groups is 1. The summed E-state index contributed by atoms with van der Waals surface area (Å²) in [5.74, 6) is 2.04. The number of aromatic nitrogens is 2. The van der Waals surface area contributed by atoms with Crippen molar-refractivity contribution in [1.29, 1.82) is 0 Å². The van der Waals surface area contributed by atoms with Crippen LogP contribution in [0.2, 0.25) is 0 Å². The van der Waals surface area contributed by atoms with Crippen molar-refractivity contribution in [3.8, 4) is 11.5 Å². The van der Waals surface area contributed by atoms with Gasteiger partial charge in [-0.25, -0.2) is 0 Å². The van der Waals surface area contributed by atoms with Gasteiger partial charge in [0.25, 0.3) is 5.22 Å². The lowest BCUT2D eigenvalue weighted by Crippen LogP contribution is -2.39. The number of anilines is 1. The van der Waals surface area contributed by atoms with Gasteiger partial charge in [0.1, 0.15) is 0 Å². The number of carbonyl (C=O) groups is 2. The van der Waals surface area contributed by atoms with E-state index in [1.54, 1.807) is 24.3 Å². The van der Waals surface area contributed by atoms with Crippen molar-refractivity contribution in [3.05, 3.63) is 24.3 Å². The number of rotatable bonds is 6. The summed E-state index contributed by atoms with van der Waals surface area (Å²) in [6.45, 7) is 1.46. The minimum atomic E-state index is -0.122. The minimum Gasteiger partial charge on any atom is -0.411 e. The summed E-state index contributed by atoms with van der Waals surface area (Å²) in [5, 5.41) is 14.3. The summed E-state index contributed by atoms with van der Waals surface area (Å²) in [7, 11) is 0. The predicted octanol–water partition coefficient (Wildman–Crippen LogP) is 3.09. The first-order chi connectivity index (χ1) is 13.1. The van der Waals surface area contributed by atoms with Crippen LogP contribution in [0.3, 0.4) is 0 Å². The van der Waals surface area contributed by atoms with Gasteiger partial charge in [0.2, 0.25) is 17.7 Å². The zero-order valence-electron chi connectivity index (χ0n) is 15.1. The van der Waals surface area contributed by atoms with Crippen molar-refractivity contribution >= 4 is 29.3 Å². The second kappa shape index (κ2) is 7.72.